The standard InChI is InChI=1S/C9H8N2O/c1-2-4-11-7(8-6-12-8)5-10-9(11)3-1/h1-5,8H,6H2/t8-/m0/s1. The van der Waals surface area contributed by atoms with E-state index in [1.165, 1.54) is 0 Å². The highest BCUT2D eigenvalue weighted by atomic mass is 16.6. The van der Waals surface area contributed by atoms with Crippen LogP contribution in [0.25, 0.3) is 5.65 Å². The summed E-state index contributed by atoms with van der Waals surface area (Å²) in [4.78, 5) is 4.26. The van der Waals surface area contributed by atoms with Gasteiger partial charge in [-0.2, -0.15) is 0 Å². The van der Waals surface area contributed by atoms with Crippen molar-refractivity contribution in [2.45, 2.75) is 6.10 Å². The van der Waals surface area contributed by atoms with Gasteiger partial charge in [-0.15, -0.1) is 0 Å². The van der Waals surface area contributed by atoms with Gasteiger partial charge in [-0.05, 0) is 12.1 Å². The Morgan fingerprint density at radius 3 is 3.25 bits per heavy atom. The summed E-state index contributed by atoms with van der Waals surface area (Å²) in [5.41, 5.74) is 2.15. The van der Waals surface area contributed by atoms with Crippen molar-refractivity contribution in [2.24, 2.45) is 0 Å². The minimum Gasteiger partial charge on any atom is -0.366 e. The van der Waals surface area contributed by atoms with Crippen LogP contribution in [-0.2, 0) is 4.74 Å². The quantitative estimate of drug-likeness (QED) is 0.590. The first kappa shape index (κ1) is 6.20. The molecule has 1 fully saturated rings. The molecule has 0 aliphatic carbocycles. The van der Waals surface area contributed by atoms with Gasteiger partial charge in [-0.3, -0.25) is 0 Å². The van der Waals surface area contributed by atoms with E-state index in [0.29, 0.717) is 0 Å². The van der Waals surface area contributed by atoms with E-state index in [1.807, 2.05) is 30.6 Å². The van der Waals surface area contributed by atoms with E-state index in [2.05, 4.69) is 9.38 Å². The molecule has 0 saturated carbocycles. The molecular formula is C9H8N2O. The predicted molar refractivity (Wildman–Crippen MR) is 43.9 cm³/mol. The fraction of sp³-hybridized carbons (Fsp3) is 0.222. The maximum absolute atomic E-state index is 5.20. The summed E-state index contributed by atoms with van der Waals surface area (Å²) >= 11 is 0. The summed E-state index contributed by atoms with van der Waals surface area (Å²) in [6, 6.07) is 5.98. The van der Waals surface area contributed by atoms with Crippen LogP contribution in [0, 0.1) is 0 Å². The van der Waals surface area contributed by atoms with Gasteiger partial charge in [0, 0.05) is 6.20 Å². The molecule has 12 heavy (non-hydrogen) atoms. The Bertz CT molecular complexity index is 417. The Balaban J connectivity index is 2.30. The molecule has 0 amide bonds. The second kappa shape index (κ2) is 2.08. The summed E-state index contributed by atoms with van der Waals surface area (Å²) in [6.45, 7) is 0.836. The van der Waals surface area contributed by atoms with Crippen molar-refractivity contribution in [1.29, 1.82) is 0 Å². The number of epoxide rings is 1. The van der Waals surface area contributed by atoms with Crippen molar-refractivity contribution in [2.75, 3.05) is 6.61 Å². The van der Waals surface area contributed by atoms with Crippen LogP contribution in [-0.4, -0.2) is 16.0 Å². The molecule has 3 heteroatoms. The highest BCUT2D eigenvalue weighted by Crippen LogP contribution is 2.29. The van der Waals surface area contributed by atoms with E-state index < -0.39 is 0 Å². The zero-order chi connectivity index (χ0) is 7.97. The zero-order valence-electron chi connectivity index (χ0n) is 6.47. The van der Waals surface area contributed by atoms with Crippen LogP contribution in [0.1, 0.15) is 11.8 Å². The van der Waals surface area contributed by atoms with Gasteiger partial charge < -0.3 is 9.14 Å². The third kappa shape index (κ3) is 0.769. The molecule has 2 aromatic heterocycles. The minimum absolute atomic E-state index is 0.280. The van der Waals surface area contributed by atoms with E-state index >= 15 is 0 Å². The summed E-state index contributed by atoms with van der Waals surface area (Å²) in [6.07, 6.45) is 4.18. The zero-order valence-corrected chi connectivity index (χ0v) is 6.47. The molecule has 1 aliphatic heterocycles. The number of ether oxygens (including phenoxy) is 1. The van der Waals surface area contributed by atoms with Gasteiger partial charge in [-0.1, -0.05) is 6.07 Å². The van der Waals surface area contributed by atoms with Crippen molar-refractivity contribution in [3.63, 3.8) is 0 Å². The van der Waals surface area contributed by atoms with E-state index in [4.69, 9.17) is 4.74 Å². The number of imidazole rings is 1. The highest BCUT2D eigenvalue weighted by molar-refractivity contribution is 5.40. The van der Waals surface area contributed by atoms with Gasteiger partial charge in [0.15, 0.2) is 0 Å². The molecule has 0 bridgehead atoms. The fourth-order valence-corrected chi connectivity index (χ4v) is 1.41. The van der Waals surface area contributed by atoms with Crippen molar-refractivity contribution in [3.05, 3.63) is 36.3 Å². The van der Waals surface area contributed by atoms with Crippen molar-refractivity contribution < 1.29 is 4.74 Å². The lowest BCUT2D eigenvalue weighted by Crippen LogP contribution is -1.88. The lowest BCUT2D eigenvalue weighted by molar-refractivity contribution is 0.410. The third-order valence-electron chi connectivity index (χ3n) is 2.11. The normalized spacial score (nSPS) is 21.5. The second-order valence-corrected chi connectivity index (χ2v) is 2.93. The largest absolute Gasteiger partial charge is 0.366 e. The molecular weight excluding hydrogens is 152 g/mol. The monoisotopic (exact) mass is 160 g/mol. The van der Waals surface area contributed by atoms with Crippen LogP contribution in [0.15, 0.2) is 30.6 Å². The Hall–Kier alpha value is -1.35. The summed E-state index contributed by atoms with van der Waals surface area (Å²) in [5.74, 6) is 0. The summed E-state index contributed by atoms with van der Waals surface area (Å²) in [7, 11) is 0. The van der Waals surface area contributed by atoms with E-state index in [1.54, 1.807) is 0 Å². The number of aromatic nitrogens is 2. The molecule has 60 valence electrons. The van der Waals surface area contributed by atoms with Crippen LogP contribution in [0.2, 0.25) is 0 Å². The maximum Gasteiger partial charge on any atom is 0.136 e. The molecule has 0 spiro atoms. The number of nitrogens with zero attached hydrogens (tertiary/aromatic N) is 2. The Morgan fingerprint density at radius 2 is 2.42 bits per heavy atom. The number of rotatable bonds is 1. The number of pyridine rings is 1. The average molecular weight is 160 g/mol. The van der Waals surface area contributed by atoms with Crippen molar-refractivity contribution in [3.8, 4) is 0 Å². The Kier molecular flexibility index (Phi) is 1.07. The predicted octanol–water partition coefficient (Wildman–Crippen LogP) is 1.41. The molecule has 3 nitrogen and oxygen atoms in total. The molecule has 3 rings (SSSR count). The number of hydrogen-bond acceptors (Lipinski definition) is 2. The van der Waals surface area contributed by atoms with Crippen LogP contribution in [0.3, 0.4) is 0 Å². The van der Waals surface area contributed by atoms with Crippen molar-refractivity contribution >= 4 is 5.65 Å². The summed E-state index contributed by atoms with van der Waals surface area (Å²) in [5, 5.41) is 0. The molecule has 1 aliphatic rings. The topological polar surface area (TPSA) is 29.8 Å². The first-order chi connectivity index (χ1) is 5.95. The van der Waals surface area contributed by atoms with Crippen LogP contribution in [0.5, 0.6) is 0 Å². The van der Waals surface area contributed by atoms with Gasteiger partial charge >= 0.3 is 0 Å². The van der Waals surface area contributed by atoms with Gasteiger partial charge in [0.05, 0.1) is 18.5 Å². The van der Waals surface area contributed by atoms with Gasteiger partial charge in [0.25, 0.3) is 0 Å². The summed E-state index contributed by atoms with van der Waals surface area (Å²) < 4.78 is 7.27. The van der Waals surface area contributed by atoms with Crippen LogP contribution in [0.4, 0.5) is 0 Å². The lowest BCUT2D eigenvalue weighted by atomic mass is 10.3. The molecule has 0 aromatic carbocycles. The molecule has 0 radical (unpaired) electrons. The Labute approximate surface area is 69.6 Å². The van der Waals surface area contributed by atoms with Crippen molar-refractivity contribution in [1.82, 2.24) is 9.38 Å². The van der Waals surface area contributed by atoms with Gasteiger partial charge in [0.1, 0.15) is 11.8 Å². The lowest BCUT2D eigenvalue weighted by Gasteiger charge is -1.94. The van der Waals surface area contributed by atoms with Crippen LogP contribution >= 0.6 is 0 Å². The Morgan fingerprint density at radius 1 is 1.50 bits per heavy atom. The van der Waals surface area contributed by atoms with E-state index in [9.17, 15) is 0 Å². The van der Waals surface area contributed by atoms with Gasteiger partial charge in [0.2, 0.25) is 0 Å². The van der Waals surface area contributed by atoms with E-state index in [-0.39, 0.29) is 6.10 Å². The molecule has 2 aromatic rings. The maximum atomic E-state index is 5.20. The van der Waals surface area contributed by atoms with Gasteiger partial charge in [-0.25, -0.2) is 4.98 Å². The first-order valence-electron chi connectivity index (χ1n) is 3.99. The third-order valence-corrected chi connectivity index (χ3v) is 2.11. The highest BCUT2D eigenvalue weighted by Gasteiger charge is 2.27. The molecule has 1 atom stereocenters. The van der Waals surface area contributed by atoms with E-state index in [0.717, 1.165) is 17.9 Å². The second-order valence-electron chi connectivity index (χ2n) is 2.93. The first-order valence-corrected chi connectivity index (χ1v) is 3.99. The number of hydrogen-bond donors (Lipinski definition) is 0. The molecule has 0 unspecified atom stereocenters. The smallest absolute Gasteiger partial charge is 0.136 e. The average Bonchev–Trinajstić information content (AvgIpc) is 2.86. The number of fused-ring (bicyclic) bond motifs is 1. The molecule has 1 saturated heterocycles. The van der Waals surface area contributed by atoms with Crippen LogP contribution < -0.4 is 0 Å². The minimum atomic E-state index is 0.280. The SMILES string of the molecule is c1ccn2c([C@@H]3CO3)cnc2c1. The molecule has 3 heterocycles. The molecule has 0 N–H and O–H groups in total. The fourth-order valence-electron chi connectivity index (χ4n) is 1.41.